The Labute approximate surface area is 235 Å². The van der Waals surface area contributed by atoms with Gasteiger partial charge in [-0.05, 0) is 25.0 Å². The predicted octanol–water partition coefficient (Wildman–Crippen LogP) is 5.77. The number of aryl methyl sites for hydroxylation is 2. The lowest BCUT2D eigenvalue weighted by atomic mass is 9.16. The van der Waals surface area contributed by atoms with Crippen LogP contribution in [-0.4, -0.2) is 43.4 Å². The second-order valence-corrected chi connectivity index (χ2v) is 11.7. The molecule has 39 heavy (non-hydrogen) atoms. The highest BCUT2D eigenvalue weighted by Gasteiger charge is 2.27. The fourth-order valence-corrected chi connectivity index (χ4v) is 5.23. The zero-order chi connectivity index (χ0) is 27.7. The number of hydrogen-bond acceptors (Lipinski definition) is 0. The van der Waals surface area contributed by atoms with Gasteiger partial charge in [-0.2, -0.15) is 16.4 Å². The molecule has 0 radical (unpaired) electrons. The molecule has 0 fully saturated rings. The summed E-state index contributed by atoms with van der Waals surface area (Å²) in [5, 5.41) is 1.34. The van der Waals surface area contributed by atoms with Crippen LogP contribution < -0.4 is 16.4 Å². The number of quaternary nitrogens is 1. The number of nitrogens with zero attached hydrogens (tertiary/aromatic N) is 2. The average molecular weight is 513 g/mol. The van der Waals surface area contributed by atoms with Gasteiger partial charge in [0.05, 0.1) is 28.2 Å². The summed E-state index contributed by atoms with van der Waals surface area (Å²) in [4.78, 5) is 0. The van der Waals surface area contributed by atoms with Crippen molar-refractivity contribution in [2.24, 2.45) is 0 Å². The van der Waals surface area contributed by atoms with E-state index in [1.165, 1.54) is 32.9 Å². The lowest BCUT2D eigenvalue weighted by molar-refractivity contribution is -0.849. The van der Waals surface area contributed by atoms with Crippen LogP contribution in [0.1, 0.15) is 18.4 Å². The number of benzene rings is 4. The molecule has 198 valence electrons. The van der Waals surface area contributed by atoms with Gasteiger partial charge in [-0.3, -0.25) is 5.82 Å². The molecule has 0 atom stereocenters. The molecule has 5 rings (SSSR count). The summed E-state index contributed by atoms with van der Waals surface area (Å²) in [5.41, 5.74) is 6.43. The summed E-state index contributed by atoms with van der Waals surface area (Å²) < 4.78 is 3.37. The summed E-state index contributed by atoms with van der Waals surface area (Å²) in [5.74, 6) is 7.43. The van der Waals surface area contributed by atoms with Gasteiger partial charge in [-0.15, -0.1) is 5.92 Å². The molecular formula is C36H41BN2. The van der Waals surface area contributed by atoms with Crippen LogP contribution in [0.3, 0.4) is 0 Å². The molecule has 0 unspecified atom stereocenters. The van der Waals surface area contributed by atoms with Crippen LogP contribution >= 0.6 is 0 Å². The number of rotatable bonds is 6. The van der Waals surface area contributed by atoms with Crippen LogP contribution in [0.2, 0.25) is 0 Å². The molecule has 0 aliphatic heterocycles. The molecule has 4 aromatic carbocycles. The molecule has 0 amide bonds. The molecule has 0 saturated heterocycles. The Morgan fingerprint density at radius 3 is 1.56 bits per heavy atom. The monoisotopic (exact) mass is 512 g/mol. The Morgan fingerprint density at radius 2 is 1.08 bits per heavy atom. The van der Waals surface area contributed by atoms with Gasteiger partial charge in [0.2, 0.25) is 0 Å². The number of hydrogen-bond donors (Lipinski definition) is 0. The van der Waals surface area contributed by atoms with E-state index in [0.717, 1.165) is 23.9 Å². The molecule has 0 N–H and O–H groups in total. The Kier molecular flexibility index (Phi) is 9.13. The maximum absolute atomic E-state index is 3.81. The van der Waals surface area contributed by atoms with E-state index in [9.17, 15) is 0 Å². The van der Waals surface area contributed by atoms with Gasteiger partial charge in [-0.1, -0.05) is 109 Å². The van der Waals surface area contributed by atoms with Crippen molar-refractivity contribution in [3.63, 3.8) is 0 Å². The lowest BCUT2D eigenvalue weighted by Crippen LogP contribution is -2.66. The van der Waals surface area contributed by atoms with E-state index in [2.05, 4.69) is 173 Å². The first kappa shape index (κ1) is 28.0. The summed E-state index contributed by atoms with van der Waals surface area (Å²) >= 11 is 0. The van der Waals surface area contributed by atoms with Crippen molar-refractivity contribution in [1.29, 1.82) is 0 Å². The fourth-order valence-electron chi connectivity index (χ4n) is 5.23. The van der Waals surface area contributed by atoms with E-state index in [0.29, 0.717) is 0 Å². The molecule has 0 bridgehead atoms. The fraction of sp³-hybridized carbons (Fsp3) is 0.222. The smallest absolute Gasteiger partial charge is 0.149 e. The van der Waals surface area contributed by atoms with Gasteiger partial charge >= 0.3 is 0 Å². The van der Waals surface area contributed by atoms with Crippen molar-refractivity contribution >= 4 is 33.4 Å². The standard InChI is InChI=1S/C32H29BN.C4H12N/c1-27-26-34(32-23-13-12-22-31(27)32)25-15-5-14-24-33(28-16-6-2-7-17-28,29-18-8-3-9-19-29)30-20-10-4-11-21-30;1-5(2,3)4/h2-4,6-13,16-23,26H,5,15,25H2,1H3;1-4H3/q-1;+1. The molecule has 1 heterocycles. The average Bonchev–Trinajstić information content (AvgIpc) is 3.27. The van der Waals surface area contributed by atoms with Crippen LogP contribution in [0.4, 0.5) is 0 Å². The maximum atomic E-state index is 3.81. The Morgan fingerprint density at radius 1 is 0.641 bits per heavy atom. The minimum absolute atomic E-state index is 0.863. The van der Waals surface area contributed by atoms with Crippen LogP contribution in [0, 0.1) is 18.7 Å². The molecule has 3 heteroatoms. The van der Waals surface area contributed by atoms with E-state index in [1.807, 2.05) is 0 Å². The van der Waals surface area contributed by atoms with E-state index in [4.69, 9.17) is 0 Å². The summed E-state index contributed by atoms with van der Waals surface area (Å²) in [6.07, 6.45) is 2.77. The van der Waals surface area contributed by atoms with E-state index in [1.54, 1.807) is 0 Å². The third-order valence-corrected chi connectivity index (χ3v) is 6.91. The zero-order valence-corrected chi connectivity index (χ0v) is 24.1. The van der Waals surface area contributed by atoms with Crippen LogP contribution in [0.5, 0.6) is 0 Å². The minimum atomic E-state index is -1.38. The SMILES string of the molecule is C[N+](C)(C)C.Cc1cn(CCCC#C[B-](c2ccccc2)(c2ccccc2)c2ccccc2)c2ccccc12. The van der Waals surface area contributed by atoms with Crippen molar-refractivity contribution in [2.45, 2.75) is 26.3 Å². The van der Waals surface area contributed by atoms with Gasteiger partial charge < -0.3 is 9.05 Å². The van der Waals surface area contributed by atoms with Crippen LogP contribution in [0.25, 0.3) is 10.9 Å². The quantitative estimate of drug-likeness (QED) is 0.118. The second kappa shape index (κ2) is 12.7. The summed E-state index contributed by atoms with van der Waals surface area (Å²) in [6, 6.07) is 41.0. The van der Waals surface area contributed by atoms with Crippen molar-refractivity contribution in [3.8, 4) is 11.7 Å². The largest absolute Gasteiger partial charge is 0.347 e. The maximum Gasteiger partial charge on any atom is 0.149 e. The Hall–Kier alpha value is -4.00. The van der Waals surface area contributed by atoms with E-state index < -0.39 is 6.15 Å². The van der Waals surface area contributed by atoms with Gasteiger partial charge in [0, 0.05) is 30.1 Å². The van der Waals surface area contributed by atoms with Crippen LogP contribution in [-0.2, 0) is 6.54 Å². The topological polar surface area (TPSA) is 4.93 Å². The van der Waals surface area contributed by atoms with Crippen molar-refractivity contribution in [2.75, 3.05) is 28.2 Å². The van der Waals surface area contributed by atoms with Crippen molar-refractivity contribution in [1.82, 2.24) is 4.57 Å². The molecule has 0 aliphatic carbocycles. The van der Waals surface area contributed by atoms with Gasteiger partial charge in [-0.25, -0.2) is 0 Å². The van der Waals surface area contributed by atoms with Gasteiger partial charge in [0.25, 0.3) is 0 Å². The molecule has 2 nitrogen and oxygen atoms in total. The molecule has 0 saturated carbocycles. The molecule has 5 aromatic rings. The number of aromatic nitrogens is 1. The van der Waals surface area contributed by atoms with Crippen LogP contribution in [0.15, 0.2) is 121 Å². The number of para-hydroxylation sites is 1. The highest BCUT2D eigenvalue weighted by molar-refractivity contribution is 7.16. The third kappa shape index (κ3) is 7.11. The number of unbranched alkanes of at least 4 members (excludes halogenated alkanes) is 1. The summed E-state index contributed by atoms with van der Waals surface area (Å²) in [7, 11) is 8.50. The highest BCUT2D eigenvalue weighted by atomic mass is 15.2. The predicted molar refractivity (Wildman–Crippen MR) is 172 cm³/mol. The first-order chi connectivity index (χ1) is 18.8. The molecule has 0 spiro atoms. The van der Waals surface area contributed by atoms with Gasteiger partial charge in [0.1, 0.15) is 6.15 Å². The first-order valence-electron chi connectivity index (χ1n) is 13.9. The molecule has 0 aliphatic rings. The second-order valence-electron chi connectivity index (χ2n) is 11.7. The molecular weight excluding hydrogens is 471 g/mol. The lowest BCUT2D eigenvalue weighted by Gasteiger charge is -2.38. The van der Waals surface area contributed by atoms with E-state index >= 15 is 0 Å². The Bertz CT molecular complexity index is 1420. The zero-order valence-electron chi connectivity index (χ0n) is 24.1. The van der Waals surface area contributed by atoms with Gasteiger partial charge in [0.15, 0.2) is 0 Å². The minimum Gasteiger partial charge on any atom is -0.347 e. The molecule has 1 aromatic heterocycles. The third-order valence-electron chi connectivity index (χ3n) is 6.91. The van der Waals surface area contributed by atoms with Crippen molar-refractivity contribution in [3.05, 3.63) is 127 Å². The summed E-state index contributed by atoms with van der Waals surface area (Å²) in [6.45, 7) is 3.17. The van der Waals surface area contributed by atoms with E-state index in [-0.39, 0.29) is 0 Å². The van der Waals surface area contributed by atoms with Crippen molar-refractivity contribution < 1.29 is 4.48 Å². The number of fused-ring (bicyclic) bond motifs is 1. The first-order valence-corrected chi connectivity index (χ1v) is 13.9. The normalized spacial score (nSPS) is 11.3. The Balaban J connectivity index is 0.000000648. The highest BCUT2D eigenvalue weighted by Crippen LogP contribution is 2.20.